The van der Waals surface area contributed by atoms with Crippen LogP contribution in [-0.4, -0.2) is 118 Å². The Hall–Kier alpha value is -4.60. The molecule has 2 unspecified atom stereocenters. The fourth-order valence-electron chi connectivity index (χ4n) is 7.62. The number of carbonyl (C=O) groups is 4. The number of rotatable bonds is 6. The normalized spacial score (nSPS) is 24.3. The summed E-state index contributed by atoms with van der Waals surface area (Å²) in [5, 5.41) is 20.5. The second kappa shape index (κ2) is 13.6. The van der Waals surface area contributed by atoms with Crippen LogP contribution in [0.15, 0.2) is 57.9 Å². The lowest BCUT2D eigenvalue weighted by atomic mass is 9.87. The van der Waals surface area contributed by atoms with Gasteiger partial charge in [0, 0.05) is 64.3 Å². The predicted molar refractivity (Wildman–Crippen MR) is 188 cm³/mol. The lowest BCUT2D eigenvalue weighted by Gasteiger charge is -2.37. The number of carbonyl (C=O) groups excluding carboxylic acids is 4. The van der Waals surface area contributed by atoms with Crippen molar-refractivity contribution in [3.63, 3.8) is 0 Å². The maximum atomic E-state index is 13.6. The van der Waals surface area contributed by atoms with Gasteiger partial charge in [-0.05, 0) is 71.6 Å². The summed E-state index contributed by atoms with van der Waals surface area (Å²) in [6.07, 6.45) is 1.50. The number of hydrogen-bond acceptors (Lipinski definition) is 10. The molecule has 0 radical (unpaired) electrons. The van der Waals surface area contributed by atoms with Gasteiger partial charge in [0.1, 0.15) is 10.7 Å². The molecule has 3 aromatic rings. The van der Waals surface area contributed by atoms with Crippen molar-refractivity contribution in [1.82, 2.24) is 29.8 Å². The Kier molecular flexibility index (Phi) is 9.22. The van der Waals surface area contributed by atoms with E-state index in [1.807, 2.05) is 35.2 Å². The van der Waals surface area contributed by atoms with Crippen molar-refractivity contribution in [3.8, 4) is 0 Å². The zero-order valence-electron chi connectivity index (χ0n) is 27.8. The third-order valence-electron chi connectivity index (χ3n) is 10.2. The second-order valence-electron chi connectivity index (χ2n) is 13.5. The molecule has 2 aromatic carbocycles. The first-order valence-electron chi connectivity index (χ1n) is 16.8. The Morgan fingerprint density at radius 2 is 1.72 bits per heavy atom. The Balaban J connectivity index is 0.984. The van der Waals surface area contributed by atoms with Gasteiger partial charge in [0.05, 0.1) is 34.7 Å². The monoisotopic (exact) mass is 746 g/mol. The summed E-state index contributed by atoms with van der Waals surface area (Å²) < 4.78 is 1.75. The number of likely N-dealkylation sites (tertiary alicyclic amines) is 1. The number of piperazine rings is 1. The average molecular weight is 748 g/mol. The molecule has 7 rings (SSSR count). The van der Waals surface area contributed by atoms with Crippen LogP contribution in [0.25, 0.3) is 0 Å². The van der Waals surface area contributed by atoms with E-state index >= 15 is 0 Å². The molecular formula is C35H39BrN8O6. The third kappa shape index (κ3) is 6.29. The lowest BCUT2D eigenvalue weighted by Crippen LogP contribution is -2.57. The number of halogens is 1. The topological polar surface area (TPSA) is 160 Å². The summed E-state index contributed by atoms with van der Waals surface area (Å²) in [5.41, 5.74) is 3.40. The molecule has 3 fully saturated rings. The number of amides is 4. The number of fused-ring (bicyclic) bond motifs is 1. The Labute approximate surface area is 297 Å². The van der Waals surface area contributed by atoms with Crippen LogP contribution in [0.3, 0.4) is 0 Å². The van der Waals surface area contributed by atoms with Crippen molar-refractivity contribution in [2.45, 2.75) is 43.5 Å². The fourth-order valence-corrected chi connectivity index (χ4v) is 8.09. The van der Waals surface area contributed by atoms with Crippen LogP contribution >= 0.6 is 15.9 Å². The number of aliphatic hydroxyl groups is 1. The average Bonchev–Trinajstić information content (AvgIpc) is 3.37. The zero-order chi connectivity index (χ0) is 35.3. The van der Waals surface area contributed by atoms with Gasteiger partial charge in [-0.25, -0.2) is 4.68 Å². The van der Waals surface area contributed by atoms with E-state index in [9.17, 15) is 29.1 Å². The largest absolute Gasteiger partial charge is 0.379 e. The van der Waals surface area contributed by atoms with Crippen molar-refractivity contribution in [2.24, 2.45) is 7.05 Å². The van der Waals surface area contributed by atoms with Crippen molar-refractivity contribution in [1.29, 1.82) is 0 Å². The molecule has 4 aliphatic rings. The standard InChI is InChI=1S/C35H39BrN8O6/c1-40-18-22(16-23(19-40)38-25-17-37-41(2)35(50)30(25)36)20-6-8-21(9-7-20)32(47)43-14-12-42(13-15-43)26-5-3-4-24-29(26)34(49)44(33(24)48)27-10-11-28(45)39-31(27)46/h3-9,17,22-23,27,31,38,46H,10-16,18-19H2,1-2H3,(H,39,45)/t22-,23+,27?,31?/m0/s1. The number of anilines is 2. The van der Waals surface area contributed by atoms with E-state index in [1.165, 1.54) is 4.68 Å². The van der Waals surface area contributed by atoms with Crippen LogP contribution in [-0.2, 0) is 11.8 Å². The number of aryl methyl sites for hydroxylation is 1. The van der Waals surface area contributed by atoms with Crippen LogP contribution in [0, 0.1) is 0 Å². The molecule has 4 amide bonds. The molecule has 4 atom stereocenters. The van der Waals surface area contributed by atoms with Crippen LogP contribution in [0.4, 0.5) is 11.4 Å². The summed E-state index contributed by atoms with van der Waals surface area (Å²) in [4.78, 5) is 71.7. The number of nitrogens with one attached hydrogen (secondary N) is 2. The summed E-state index contributed by atoms with van der Waals surface area (Å²) in [6.45, 7) is 3.53. The Bertz CT molecular complexity index is 1910. The highest BCUT2D eigenvalue weighted by Gasteiger charge is 2.46. The first-order valence-corrected chi connectivity index (χ1v) is 17.6. The molecule has 5 heterocycles. The SMILES string of the molecule is CN1C[C@H](Nc2cnn(C)c(=O)c2Br)C[C@H](c2ccc(C(=O)N3CCN(c4cccc5c4C(=O)N(C4CCC(=O)NC4O)C5=O)CC3)cc2)C1. The van der Waals surface area contributed by atoms with Gasteiger partial charge in [-0.15, -0.1) is 0 Å². The van der Waals surface area contributed by atoms with Gasteiger partial charge < -0.3 is 30.4 Å². The second-order valence-corrected chi connectivity index (χ2v) is 14.3. The quantitative estimate of drug-likeness (QED) is 0.316. The van der Waals surface area contributed by atoms with E-state index in [0.29, 0.717) is 53.2 Å². The van der Waals surface area contributed by atoms with Crippen LogP contribution in [0.5, 0.6) is 0 Å². The van der Waals surface area contributed by atoms with Gasteiger partial charge in [0.15, 0.2) is 0 Å². The molecule has 1 aromatic heterocycles. The summed E-state index contributed by atoms with van der Waals surface area (Å²) in [7, 11) is 3.69. The minimum Gasteiger partial charge on any atom is -0.379 e. The molecule has 0 spiro atoms. The Morgan fingerprint density at radius 3 is 2.44 bits per heavy atom. The van der Waals surface area contributed by atoms with Crippen molar-refractivity contribution in [2.75, 3.05) is 56.5 Å². The molecule has 3 N–H and O–H groups in total. The van der Waals surface area contributed by atoms with E-state index in [2.05, 4.69) is 43.6 Å². The maximum absolute atomic E-state index is 13.6. The van der Waals surface area contributed by atoms with E-state index in [4.69, 9.17) is 0 Å². The zero-order valence-corrected chi connectivity index (χ0v) is 29.4. The summed E-state index contributed by atoms with van der Waals surface area (Å²) >= 11 is 3.40. The fraction of sp³-hybridized carbons (Fsp3) is 0.429. The molecule has 15 heteroatoms. The van der Waals surface area contributed by atoms with Gasteiger partial charge in [-0.3, -0.25) is 28.9 Å². The first kappa shape index (κ1) is 33.9. The van der Waals surface area contributed by atoms with Crippen LogP contribution < -0.4 is 21.1 Å². The molecule has 14 nitrogen and oxygen atoms in total. The molecular weight excluding hydrogens is 708 g/mol. The van der Waals surface area contributed by atoms with E-state index in [0.717, 1.165) is 30.0 Å². The number of piperidine rings is 2. The van der Waals surface area contributed by atoms with Crippen LogP contribution in [0.1, 0.15) is 61.8 Å². The number of aliphatic hydroxyl groups excluding tert-OH is 1. The third-order valence-corrected chi connectivity index (χ3v) is 11.0. The number of hydrogen-bond donors (Lipinski definition) is 3. The van der Waals surface area contributed by atoms with Crippen molar-refractivity contribution >= 4 is 50.9 Å². The molecule has 50 heavy (non-hydrogen) atoms. The van der Waals surface area contributed by atoms with Crippen LogP contribution in [0.2, 0.25) is 0 Å². The number of benzene rings is 2. The summed E-state index contributed by atoms with van der Waals surface area (Å²) in [6, 6.07) is 12.2. The molecule has 262 valence electrons. The van der Waals surface area contributed by atoms with E-state index < -0.39 is 24.1 Å². The van der Waals surface area contributed by atoms with Gasteiger partial charge in [-0.2, -0.15) is 5.10 Å². The van der Waals surface area contributed by atoms with E-state index in [-0.39, 0.29) is 47.7 Å². The van der Waals surface area contributed by atoms with Gasteiger partial charge in [-0.1, -0.05) is 18.2 Å². The van der Waals surface area contributed by atoms with E-state index in [1.54, 1.807) is 30.3 Å². The van der Waals surface area contributed by atoms with Gasteiger partial charge in [0.2, 0.25) is 5.91 Å². The first-order chi connectivity index (χ1) is 24.0. The minimum absolute atomic E-state index is 0.0661. The smallest absolute Gasteiger partial charge is 0.282 e. The highest BCUT2D eigenvalue weighted by molar-refractivity contribution is 9.10. The highest BCUT2D eigenvalue weighted by Crippen LogP contribution is 2.35. The molecule has 0 bridgehead atoms. The number of aromatic nitrogens is 2. The molecule has 4 aliphatic heterocycles. The minimum atomic E-state index is -1.32. The van der Waals surface area contributed by atoms with Gasteiger partial charge >= 0.3 is 0 Å². The van der Waals surface area contributed by atoms with Crippen molar-refractivity contribution < 1.29 is 24.3 Å². The Morgan fingerprint density at radius 1 is 0.980 bits per heavy atom. The summed E-state index contributed by atoms with van der Waals surface area (Å²) in [5.74, 6) is -1.12. The number of likely N-dealkylation sites (N-methyl/N-ethyl adjacent to an activating group) is 1. The highest BCUT2D eigenvalue weighted by atomic mass is 79.9. The lowest BCUT2D eigenvalue weighted by molar-refractivity contribution is -0.129. The molecule has 0 saturated carbocycles. The number of imide groups is 1. The predicted octanol–water partition coefficient (Wildman–Crippen LogP) is 1.60. The van der Waals surface area contributed by atoms with Gasteiger partial charge in [0.25, 0.3) is 23.3 Å². The maximum Gasteiger partial charge on any atom is 0.282 e. The van der Waals surface area contributed by atoms with Crippen molar-refractivity contribution in [3.05, 3.63) is 85.7 Å². The molecule has 0 aliphatic carbocycles. The molecule has 3 saturated heterocycles. The number of nitrogens with zero attached hydrogens (tertiary/aromatic N) is 6.